The largest absolute Gasteiger partial charge is 0.393 e. The molecule has 0 spiro atoms. The number of rotatable bonds is 0. The van der Waals surface area contributed by atoms with Gasteiger partial charge in [0.15, 0.2) is 0 Å². The van der Waals surface area contributed by atoms with Crippen LogP contribution in [0, 0.1) is 17.3 Å². The molecular formula is C18H24O. The molecule has 0 saturated heterocycles. The minimum atomic E-state index is -0.0362. The van der Waals surface area contributed by atoms with Gasteiger partial charge in [-0.05, 0) is 72.8 Å². The van der Waals surface area contributed by atoms with Crippen molar-refractivity contribution in [1.82, 2.24) is 0 Å². The second kappa shape index (κ2) is 4.09. The summed E-state index contributed by atoms with van der Waals surface area (Å²) in [5.41, 5.74) is 3.64. The summed E-state index contributed by atoms with van der Waals surface area (Å²) in [5.74, 6) is 2.36. The number of aliphatic hydroxyl groups is 1. The highest BCUT2D eigenvalue weighted by Crippen LogP contribution is 2.60. The lowest BCUT2D eigenvalue weighted by Gasteiger charge is -2.49. The van der Waals surface area contributed by atoms with E-state index in [1.807, 2.05) is 0 Å². The maximum atomic E-state index is 10.1. The Morgan fingerprint density at radius 1 is 1.21 bits per heavy atom. The number of hydrogen-bond acceptors (Lipinski definition) is 1. The predicted octanol–water partition coefficient (Wildman–Crippen LogP) is 3.90. The lowest BCUT2D eigenvalue weighted by molar-refractivity contribution is 0.0596. The van der Waals surface area contributed by atoms with E-state index in [0.29, 0.717) is 5.41 Å². The van der Waals surface area contributed by atoms with Crippen molar-refractivity contribution < 1.29 is 5.11 Å². The van der Waals surface area contributed by atoms with E-state index in [4.69, 9.17) is 0 Å². The molecule has 102 valence electrons. The Morgan fingerprint density at radius 2 is 2.05 bits per heavy atom. The van der Waals surface area contributed by atoms with Crippen molar-refractivity contribution in [2.45, 2.75) is 57.5 Å². The summed E-state index contributed by atoms with van der Waals surface area (Å²) in [5, 5.41) is 10.1. The van der Waals surface area contributed by atoms with E-state index in [1.54, 1.807) is 11.1 Å². The van der Waals surface area contributed by atoms with Crippen molar-refractivity contribution in [3.05, 3.63) is 35.4 Å². The molecule has 0 aromatic heterocycles. The Labute approximate surface area is 116 Å². The molecule has 1 nitrogen and oxygen atoms in total. The average molecular weight is 256 g/mol. The molecule has 0 unspecified atom stereocenters. The smallest absolute Gasteiger partial charge is 0.0548 e. The zero-order valence-electron chi connectivity index (χ0n) is 11.8. The van der Waals surface area contributed by atoms with Gasteiger partial charge in [0.2, 0.25) is 0 Å². The van der Waals surface area contributed by atoms with Crippen LogP contribution in [0.5, 0.6) is 0 Å². The van der Waals surface area contributed by atoms with Gasteiger partial charge in [-0.2, -0.15) is 0 Å². The van der Waals surface area contributed by atoms with Gasteiger partial charge in [0, 0.05) is 0 Å². The van der Waals surface area contributed by atoms with E-state index in [1.165, 1.54) is 25.7 Å². The number of aliphatic hydroxyl groups excluding tert-OH is 1. The van der Waals surface area contributed by atoms with Gasteiger partial charge >= 0.3 is 0 Å². The molecule has 19 heavy (non-hydrogen) atoms. The van der Waals surface area contributed by atoms with E-state index >= 15 is 0 Å². The lowest BCUT2D eigenvalue weighted by atomic mass is 9.56. The van der Waals surface area contributed by atoms with Gasteiger partial charge < -0.3 is 5.11 Å². The van der Waals surface area contributed by atoms with Crippen LogP contribution in [0.2, 0.25) is 0 Å². The summed E-state index contributed by atoms with van der Waals surface area (Å²) < 4.78 is 0. The maximum Gasteiger partial charge on any atom is 0.0548 e. The second-order valence-corrected chi connectivity index (χ2v) is 7.40. The average Bonchev–Trinajstić information content (AvgIpc) is 2.73. The van der Waals surface area contributed by atoms with Gasteiger partial charge in [-0.25, -0.2) is 0 Å². The van der Waals surface area contributed by atoms with E-state index in [-0.39, 0.29) is 6.10 Å². The Kier molecular flexibility index (Phi) is 2.57. The van der Waals surface area contributed by atoms with Crippen molar-refractivity contribution in [2.24, 2.45) is 17.3 Å². The molecule has 3 aliphatic carbocycles. The molecule has 0 bridgehead atoms. The molecule has 4 rings (SSSR count). The van der Waals surface area contributed by atoms with E-state index < -0.39 is 0 Å². The van der Waals surface area contributed by atoms with Gasteiger partial charge in [-0.3, -0.25) is 0 Å². The summed E-state index contributed by atoms with van der Waals surface area (Å²) in [7, 11) is 0. The third kappa shape index (κ3) is 1.71. The quantitative estimate of drug-likeness (QED) is 0.746. The molecule has 2 saturated carbocycles. The highest BCUT2D eigenvalue weighted by atomic mass is 16.3. The molecule has 1 aromatic carbocycles. The SMILES string of the molecule is C[C@]12CC[C@@H]3c4ccccc4CC[C@H]3[C@@H]1C[C@H](O)C2. The number of benzene rings is 1. The van der Waals surface area contributed by atoms with Crippen molar-refractivity contribution >= 4 is 0 Å². The van der Waals surface area contributed by atoms with Crippen LogP contribution in [0.4, 0.5) is 0 Å². The van der Waals surface area contributed by atoms with Crippen molar-refractivity contribution in [1.29, 1.82) is 0 Å². The number of hydrogen-bond donors (Lipinski definition) is 1. The van der Waals surface area contributed by atoms with Crippen molar-refractivity contribution in [3.8, 4) is 0 Å². The molecular weight excluding hydrogens is 232 g/mol. The first kappa shape index (κ1) is 12.0. The zero-order chi connectivity index (χ0) is 13.0. The van der Waals surface area contributed by atoms with Crippen LogP contribution in [0.15, 0.2) is 24.3 Å². The Hall–Kier alpha value is -0.820. The predicted molar refractivity (Wildman–Crippen MR) is 77.1 cm³/mol. The van der Waals surface area contributed by atoms with Gasteiger partial charge in [-0.15, -0.1) is 0 Å². The fraction of sp³-hybridized carbons (Fsp3) is 0.667. The third-order valence-corrected chi connectivity index (χ3v) is 6.38. The summed E-state index contributed by atoms with van der Waals surface area (Å²) in [6.45, 7) is 2.44. The van der Waals surface area contributed by atoms with Crippen molar-refractivity contribution in [2.75, 3.05) is 0 Å². The molecule has 3 aliphatic rings. The maximum absolute atomic E-state index is 10.1. The summed E-state index contributed by atoms with van der Waals surface area (Å²) in [4.78, 5) is 0. The van der Waals surface area contributed by atoms with Crippen LogP contribution in [0.3, 0.4) is 0 Å². The van der Waals surface area contributed by atoms with Gasteiger partial charge in [-0.1, -0.05) is 31.2 Å². The highest BCUT2D eigenvalue weighted by molar-refractivity contribution is 5.34. The van der Waals surface area contributed by atoms with Crippen LogP contribution in [-0.4, -0.2) is 11.2 Å². The van der Waals surface area contributed by atoms with Gasteiger partial charge in [0.1, 0.15) is 0 Å². The number of aryl methyl sites for hydroxylation is 1. The monoisotopic (exact) mass is 256 g/mol. The normalized spacial score (nSPS) is 44.3. The Morgan fingerprint density at radius 3 is 2.95 bits per heavy atom. The molecule has 0 amide bonds. The topological polar surface area (TPSA) is 20.2 Å². The van der Waals surface area contributed by atoms with Gasteiger partial charge in [0.25, 0.3) is 0 Å². The van der Waals surface area contributed by atoms with Crippen molar-refractivity contribution in [3.63, 3.8) is 0 Å². The third-order valence-electron chi connectivity index (χ3n) is 6.38. The molecule has 1 N–H and O–H groups in total. The summed E-state index contributed by atoms with van der Waals surface area (Å²) in [6.07, 6.45) is 7.30. The van der Waals surface area contributed by atoms with Crippen LogP contribution in [0.25, 0.3) is 0 Å². The van der Waals surface area contributed by atoms with Gasteiger partial charge in [0.05, 0.1) is 6.10 Å². The Bertz CT molecular complexity index is 494. The van der Waals surface area contributed by atoms with Crippen LogP contribution in [0.1, 0.15) is 56.1 Å². The fourth-order valence-electron chi connectivity index (χ4n) is 5.54. The summed E-state index contributed by atoms with van der Waals surface area (Å²) in [6, 6.07) is 9.08. The van der Waals surface area contributed by atoms with E-state index in [2.05, 4.69) is 31.2 Å². The lowest BCUT2D eigenvalue weighted by Crippen LogP contribution is -2.39. The molecule has 5 atom stereocenters. The van der Waals surface area contributed by atoms with Crippen LogP contribution < -0.4 is 0 Å². The number of fused-ring (bicyclic) bond motifs is 5. The standard InChI is InChI=1S/C18H24O/c1-18-9-8-15-14-5-3-2-4-12(14)6-7-16(15)17(18)10-13(19)11-18/h2-5,13,15-17,19H,6-11H2,1H3/t13-,15+,16+,17-,18+/m0/s1. The van der Waals surface area contributed by atoms with E-state index in [0.717, 1.165) is 30.6 Å². The molecule has 1 aromatic rings. The molecule has 0 radical (unpaired) electrons. The molecule has 1 heteroatoms. The first-order valence-corrected chi connectivity index (χ1v) is 7.93. The van der Waals surface area contributed by atoms with Crippen LogP contribution >= 0.6 is 0 Å². The van der Waals surface area contributed by atoms with E-state index in [9.17, 15) is 5.11 Å². The molecule has 0 aliphatic heterocycles. The zero-order valence-corrected chi connectivity index (χ0v) is 11.8. The molecule has 0 heterocycles. The fourth-order valence-corrected chi connectivity index (χ4v) is 5.54. The first-order chi connectivity index (χ1) is 9.17. The summed E-state index contributed by atoms with van der Waals surface area (Å²) >= 11 is 0. The van der Waals surface area contributed by atoms with Crippen LogP contribution in [-0.2, 0) is 6.42 Å². The minimum absolute atomic E-state index is 0.0362. The first-order valence-electron chi connectivity index (χ1n) is 7.93. The Balaban J connectivity index is 1.71. The minimum Gasteiger partial charge on any atom is -0.393 e. The second-order valence-electron chi connectivity index (χ2n) is 7.40. The highest BCUT2D eigenvalue weighted by Gasteiger charge is 2.52. The molecule has 2 fully saturated rings.